The number of rotatable bonds is 0. The van der Waals surface area contributed by atoms with Gasteiger partial charge in [0.05, 0.1) is 0 Å². The Morgan fingerprint density at radius 2 is 1.36 bits per heavy atom. The summed E-state index contributed by atoms with van der Waals surface area (Å²) in [4.78, 5) is 0. The van der Waals surface area contributed by atoms with E-state index in [1.807, 2.05) is 0 Å². The zero-order valence-corrected chi connectivity index (χ0v) is 9.20. The van der Waals surface area contributed by atoms with E-state index in [4.69, 9.17) is 0 Å². The van der Waals surface area contributed by atoms with E-state index in [0.717, 1.165) is 0 Å². The van der Waals surface area contributed by atoms with Gasteiger partial charge < -0.3 is 0 Å². The SMILES string of the molecule is Brc1cc2c(cc1Br)CCC2. The monoisotopic (exact) mass is 274 g/mol. The number of benzene rings is 1. The molecule has 0 heterocycles. The zero-order valence-electron chi connectivity index (χ0n) is 6.03. The summed E-state index contributed by atoms with van der Waals surface area (Å²) >= 11 is 7.00. The first kappa shape index (κ1) is 7.81. The van der Waals surface area contributed by atoms with E-state index >= 15 is 0 Å². The fraction of sp³-hybridized carbons (Fsp3) is 0.333. The molecular weight excluding hydrogens is 268 g/mol. The molecule has 0 N–H and O–H groups in total. The number of aryl methyl sites for hydroxylation is 2. The van der Waals surface area contributed by atoms with Crippen LogP contribution in [-0.4, -0.2) is 0 Å². The highest BCUT2D eigenvalue weighted by atomic mass is 79.9. The van der Waals surface area contributed by atoms with Crippen LogP contribution in [0.4, 0.5) is 0 Å². The molecule has 0 unspecified atom stereocenters. The molecule has 1 aromatic carbocycles. The van der Waals surface area contributed by atoms with Crippen LogP contribution in [-0.2, 0) is 12.8 Å². The van der Waals surface area contributed by atoms with Crippen molar-refractivity contribution in [2.24, 2.45) is 0 Å². The molecule has 1 aromatic rings. The Labute approximate surface area is 83.3 Å². The number of hydrogen-bond donors (Lipinski definition) is 0. The van der Waals surface area contributed by atoms with Crippen molar-refractivity contribution in [3.8, 4) is 0 Å². The fourth-order valence-corrected chi connectivity index (χ4v) is 2.35. The van der Waals surface area contributed by atoms with E-state index in [-0.39, 0.29) is 0 Å². The lowest BCUT2D eigenvalue weighted by atomic mass is 10.1. The van der Waals surface area contributed by atoms with Crippen molar-refractivity contribution in [3.63, 3.8) is 0 Å². The van der Waals surface area contributed by atoms with Gasteiger partial charge >= 0.3 is 0 Å². The van der Waals surface area contributed by atoms with Gasteiger partial charge in [0.15, 0.2) is 0 Å². The molecule has 0 radical (unpaired) electrons. The quantitative estimate of drug-likeness (QED) is 0.677. The van der Waals surface area contributed by atoms with Gasteiger partial charge in [0, 0.05) is 8.95 Å². The Kier molecular flexibility index (Phi) is 2.06. The zero-order chi connectivity index (χ0) is 7.84. The number of fused-ring (bicyclic) bond motifs is 1. The van der Waals surface area contributed by atoms with Crippen LogP contribution in [0, 0.1) is 0 Å². The first-order chi connectivity index (χ1) is 5.27. The maximum absolute atomic E-state index is 3.50. The lowest BCUT2D eigenvalue weighted by Gasteiger charge is -2.01. The second kappa shape index (κ2) is 2.91. The highest BCUT2D eigenvalue weighted by Crippen LogP contribution is 2.31. The van der Waals surface area contributed by atoms with Crippen molar-refractivity contribution in [1.29, 1.82) is 0 Å². The average Bonchev–Trinajstić information content (AvgIpc) is 2.36. The topological polar surface area (TPSA) is 0 Å². The summed E-state index contributed by atoms with van der Waals surface area (Å²) in [6.45, 7) is 0. The van der Waals surface area contributed by atoms with Crippen LogP contribution in [0.15, 0.2) is 21.1 Å². The Morgan fingerprint density at radius 1 is 0.909 bits per heavy atom. The Morgan fingerprint density at radius 3 is 1.82 bits per heavy atom. The van der Waals surface area contributed by atoms with Crippen LogP contribution >= 0.6 is 31.9 Å². The van der Waals surface area contributed by atoms with Gasteiger partial charge in [-0.2, -0.15) is 0 Å². The summed E-state index contributed by atoms with van der Waals surface area (Å²) in [6, 6.07) is 4.46. The molecule has 0 atom stereocenters. The maximum atomic E-state index is 3.50. The van der Waals surface area contributed by atoms with Crippen molar-refractivity contribution < 1.29 is 0 Å². The summed E-state index contributed by atoms with van der Waals surface area (Å²) in [5, 5.41) is 0. The van der Waals surface area contributed by atoms with Gasteiger partial charge in [0.1, 0.15) is 0 Å². The molecule has 0 spiro atoms. The second-order valence-electron chi connectivity index (χ2n) is 2.89. The highest BCUT2D eigenvalue weighted by Gasteiger charge is 2.12. The van der Waals surface area contributed by atoms with E-state index in [2.05, 4.69) is 44.0 Å². The van der Waals surface area contributed by atoms with Crippen molar-refractivity contribution >= 4 is 31.9 Å². The van der Waals surface area contributed by atoms with Gasteiger partial charge in [-0.1, -0.05) is 0 Å². The molecule has 58 valence electrons. The van der Waals surface area contributed by atoms with Crippen molar-refractivity contribution in [2.45, 2.75) is 19.3 Å². The smallest absolute Gasteiger partial charge is 0.0320 e. The largest absolute Gasteiger partial charge is 0.0496 e. The molecule has 0 nitrogen and oxygen atoms in total. The minimum Gasteiger partial charge on any atom is -0.0496 e. The molecule has 0 saturated heterocycles. The molecule has 0 amide bonds. The van der Waals surface area contributed by atoms with Crippen LogP contribution in [0.1, 0.15) is 17.5 Å². The van der Waals surface area contributed by atoms with E-state index in [9.17, 15) is 0 Å². The van der Waals surface area contributed by atoms with Crippen LogP contribution in [0.2, 0.25) is 0 Å². The van der Waals surface area contributed by atoms with Crippen LogP contribution < -0.4 is 0 Å². The lowest BCUT2D eigenvalue weighted by Crippen LogP contribution is -1.82. The molecule has 0 saturated carbocycles. The Bertz CT molecular complexity index is 263. The Balaban J connectivity index is 2.57. The molecule has 2 rings (SSSR count). The lowest BCUT2D eigenvalue weighted by molar-refractivity contribution is 0.911. The van der Waals surface area contributed by atoms with Gasteiger partial charge in [0.2, 0.25) is 0 Å². The Hall–Kier alpha value is 0.180. The van der Waals surface area contributed by atoms with Crippen LogP contribution in [0.3, 0.4) is 0 Å². The number of hydrogen-bond acceptors (Lipinski definition) is 0. The third-order valence-electron chi connectivity index (χ3n) is 2.13. The van der Waals surface area contributed by atoms with Gasteiger partial charge in [-0.25, -0.2) is 0 Å². The normalized spacial score (nSPS) is 15.1. The van der Waals surface area contributed by atoms with Crippen molar-refractivity contribution in [2.75, 3.05) is 0 Å². The van der Waals surface area contributed by atoms with Crippen molar-refractivity contribution in [3.05, 3.63) is 32.2 Å². The minimum atomic E-state index is 1.18. The van der Waals surface area contributed by atoms with E-state index < -0.39 is 0 Å². The molecule has 0 fully saturated rings. The third-order valence-corrected chi connectivity index (χ3v) is 3.98. The molecule has 11 heavy (non-hydrogen) atoms. The summed E-state index contributed by atoms with van der Waals surface area (Å²) in [5.41, 5.74) is 3.03. The van der Waals surface area contributed by atoms with Gasteiger partial charge in [-0.3, -0.25) is 0 Å². The fourth-order valence-electron chi connectivity index (χ4n) is 1.56. The first-order valence-corrected chi connectivity index (χ1v) is 5.33. The molecule has 1 aliphatic carbocycles. The van der Waals surface area contributed by atoms with Crippen LogP contribution in [0.25, 0.3) is 0 Å². The van der Waals surface area contributed by atoms with E-state index in [1.54, 1.807) is 0 Å². The maximum Gasteiger partial charge on any atom is 0.0320 e. The van der Waals surface area contributed by atoms with Gasteiger partial charge in [0.25, 0.3) is 0 Å². The predicted molar refractivity (Wildman–Crippen MR) is 53.9 cm³/mol. The summed E-state index contributed by atoms with van der Waals surface area (Å²) in [7, 11) is 0. The molecule has 0 bridgehead atoms. The van der Waals surface area contributed by atoms with E-state index in [1.165, 1.54) is 39.3 Å². The molecule has 0 aliphatic heterocycles. The summed E-state index contributed by atoms with van der Waals surface area (Å²) in [6.07, 6.45) is 3.82. The predicted octanol–water partition coefficient (Wildman–Crippen LogP) is 3.70. The molecule has 2 heteroatoms. The second-order valence-corrected chi connectivity index (χ2v) is 4.60. The van der Waals surface area contributed by atoms with Gasteiger partial charge in [-0.15, -0.1) is 0 Å². The summed E-state index contributed by atoms with van der Waals surface area (Å²) < 4.78 is 2.36. The number of halogens is 2. The molecular formula is C9H8Br2. The highest BCUT2D eigenvalue weighted by molar-refractivity contribution is 9.13. The minimum absolute atomic E-state index is 1.18. The standard InChI is InChI=1S/C9H8Br2/c10-8-4-6-2-1-3-7(6)5-9(8)11/h4-5H,1-3H2. The van der Waals surface area contributed by atoms with Crippen LogP contribution in [0.5, 0.6) is 0 Å². The average molecular weight is 276 g/mol. The van der Waals surface area contributed by atoms with Crippen molar-refractivity contribution in [1.82, 2.24) is 0 Å². The third kappa shape index (κ3) is 1.38. The molecule has 1 aliphatic rings. The molecule has 0 aromatic heterocycles. The van der Waals surface area contributed by atoms with E-state index in [0.29, 0.717) is 0 Å². The van der Waals surface area contributed by atoms with Gasteiger partial charge in [-0.05, 0) is 74.4 Å². The first-order valence-electron chi connectivity index (χ1n) is 3.74. The summed E-state index contributed by atoms with van der Waals surface area (Å²) in [5.74, 6) is 0.